The van der Waals surface area contributed by atoms with Crippen LogP contribution < -0.4 is 5.56 Å². The molecule has 2 heterocycles. The van der Waals surface area contributed by atoms with Crippen LogP contribution in [0.2, 0.25) is 0 Å². The highest BCUT2D eigenvalue weighted by molar-refractivity contribution is 5.64. The predicted molar refractivity (Wildman–Crippen MR) is 68.6 cm³/mol. The summed E-state index contributed by atoms with van der Waals surface area (Å²) >= 11 is 0. The fourth-order valence-corrected chi connectivity index (χ4v) is 1.90. The smallest absolute Gasteiger partial charge is 0.265 e. The third-order valence-electron chi connectivity index (χ3n) is 2.77. The van der Waals surface area contributed by atoms with Crippen LogP contribution in [-0.2, 0) is 0 Å². The van der Waals surface area contributed by atoms with Gasteiger partial charge < -0.3 is 5.11 Å². The van der Waals surface area contributed by atoms with Gasteiger partial charge in [0.05, 0.1) is 5.56 Å². The van der Waals surface area contributed by atoms with E-state index in [4.69, 9.17) is 0 Å². The zero-order valence-corrected chi connectivity index (χ0v) is 9.45. The van der Waals surface area contributed by atoms with Crippen LogP contribution >= 0.6 is 0 Å². The number of rotatable bonds is 1. The molecule has 0 saturated carbocycles. The van der Waals surface area contributed by atoms with Crippen LogP contribution in [0.15, 0.2) is 59.7 Å². The van der Waals surface area contributed by atoms with Gasteiger partial charge in [-0.3, -0.25) is 9.20 Å². The van der Waals surface area contributed by atoms with E-state index in [1.165, 1.54) is 10.6 Å². The van der Waals surface area contributed by atoms with Crippen LogP contribution in [0.5, 0.6) is 5.75 Å². The van der Waals surface area contributed by atoms with Crippen LogP contribution in [0, 0.1) is 0 Å². The molecule has 3 rings (SSSR count). The summed E-state index contributed by atoms with van der Waals surface area (Å²) in [6, 6.07) is 12.0. The van der Waals surface area contributed by atoms with Gasteiger partial charge in [0.2, 0.25) is 0 Å². The van der Waals surface area contributed by atoms with Crippen molar-refractivity contribution in [2.45, 2.75) is 0 Å². The van der Waals surface area contributed by atoms with Gasteiger partial charge in [0.1, 0.15) is 11.4 Å². The summed E-state index contributed by atoms with van der Waals surface area (Å²) in [7, 11) is 0. The van der Waals surface area contributed by atoms with Gasteiger partial charge in [-0.2, -0.15) is 0 Å². The lowest BCUT2D eigenvalue weighted by atomic mass is 10.1. The van der Waals surface area contributed by atoms with E-state index in [0.29, 0.717) is 16.8 Å². The third-order valence-corrected chi connectivity index (χ3v) is 2.77. The van der Waals surface area contributed by atoms with Gasteiger partial charge in [0, 0.05) is 12.4 Å². The molecule has 0 spiro atoms. The Morgan fingerprint density at radius 1 is 1.11 bits per heavy atom. The first kappa shape index (κ1) is 10.5. The second-order valence-electron chi connectivity index (χ2n) is 3.96. The van der Waals surface area contributed by atoms with Crippen molar-refractivity contribution < 1.29 is 5.11 Å². The van der Waals surface area contributed by atoms with E-state index >= 15 is 0 Å². The molecule has 0 bridgehead atoms. The number of hydrogen-bond acceptors (Lipinski definition) is 3. The lowest BCUT2D eigenvalue weighted by molar-refractivity contribution is 0.475. The molecule has 0 unspecified atom stereocenters. The minimum Gasteiger partial charge on any atom is -0.508 e. The molecule has 0 fully saturated rings. The molecule has 0 aliphatic carbocycles. The molecule has 88 valence electrons. The number of fused-ring (bicyclic) bond motifs is 1. The topological polar surface area (TPSA) is 54.6 Å². The normalized spacial score (nSPS) is 10.7. The fourth-order valence-electron chi connectivity index (χ4n) is 1.90. The monoisotopic (exact) mass is 238 g/mol. The molecule has 4 nitrogen and oxygen atoms in total. The minimum absolute atomic E-state index is 0.130. The Morgan fingerprint density at radius 2 is 2.00 bits per heavy atom. The maximum atomic E-state index is 12.3. The zero-order valence-electron chi connectivity index (χ0n) is 9.45. The summed E-state index contributed by atoms with van der Waals surface area (Å²) in [5, 5.41) is 9.45. The van der Waals surface area contributed by atoms with Gasteiger partial charge in [-0.15, -0.1) is 0 Å². The summed E-state index contributed by atoms with van der Waals surface area (Å²) in [4.78, 5) is 16.5. The van der Waals surface area contributed by atoms with E-state index < -0.39 is 0 Å². The molecule has 0 atom stereocenters. The molecule has 1 aromatic carbocycles. The van der Waals surface area contributed by atoms with Crippen molar-refractivity contribution in [2.75, 3.05) is 0 Å². The van der Waals surface area contributed by atoms with Gasteiger partial charge >= 0.3 is 0 Å². The first-order chi connectivity index (χ1) is 8.75. The fraction of sp³-hybridized carbons (Fsp3) is 0. The van der Waals surface area contributed by atoms with Crippen LogP contribution in [0.1, 0.15) is 0 Å². The quantitative estimate of drug-likeness (QED) is 0.706. The van der Waals surface area contributed by atoms with Crippen molar-refractivity contribution in [3.8, 4) is 16.9 Å². The number of phenols is 1. The molecule has 4 heteroatoms. The minimum atomic E-state index is -0.147. The Morgan fingerprint density at radius 3 is 2.83 bits per heavy atom. The number of phenolic OH excluding ortho intramolecular Hbond substituents is 1. The first-order valence-electron chi connectivity index (χ1n) is 5.51. The number of aromatic hydroxyl groups is 1. The number of benzene rings is 1. The van der Waals surface area contributed by atoms with Crippen molar-refractivity contribution in [1.82, 2.24) is 9.38 Å². The second-order valence-corrected chi connectivity index (χ2v) is 3.96. The Hall–Kier alpha value is -2.62. The highest BCUT2D eigenvalue weighted by atomic mass is 16.3. The zero-order chi connectivity index (χ0) is 12.5. The van der Waals surface area contributed by atoms with Gasteiger partial charge in [-0.1, -0.05) is 18.2 Å². The maximum absolute atomic E-state index is 12.3. The molecule has 0 saturated heterocycles. The van der Waals surface area contributed by atoms with Crippen molar-refractivity contribution in [2.24, 2.45) is 0 Å². The standard InChI is InChI=1S/C14H10N2O2/c17-11-5-3-4-10(8-11)12-9-15-13-6-1-2-7-16(13)14(12)18/h1-9,17H. The molecule has 0 amide bonds. The summed E-state index contributed by atoms with van der Waals surface area (Å²) in [6.45, 7) is 0. The van der Waals surface area contributed by atoms with E-state index in [1.807, 2.05) is 6.07 Å². The largest absolute Gasteiger partial charge is 0.508 e. The SMILES string of the molecule is O=c1c(-c2cccc(O)c2)cnc2ccccn12. The average molecular weight is 238 g/mol. The average Bonchev–Trinajstić information content (AvgIpc) is 2.39. The molecular weight excluding hydrogens is 228 g/mol. The Labute approximate surface area is 103 Å². The second kappa shape index (κ2) is 4.00. The summed E-state index contributed by atoms with van der Waals surface area (Å²) < 4.78 is 1.49. The van der Waals surface area contributed by atoms with Crippen molar-refractivity contribution in [3.63, 3.8) is 0 Å². The van der Waals surface area contributed by atoms with Gasteiger partial charge in [0.15, 0.2) is 0 Å². The number of aromatic nitrogens is 2. The van der Waals surface area contributed by atoms with Crippen molar-refractivity contribution in [3.05, 3.63) is 65.2 Å². The van der Waals surface area contributed by atoms with E-state index in [-0.39, 0.29) is 11.3 Å². The summed E-state index contributed by atoms with van der Waals surface area (Å²) in [5.41, 5.74) is 1.58. The van der Waals surface area contributed by atoms with Crippen LogP contribution in [0.4, 0.5) is 0 Å². The van der Waals surface area contributed by atoms with Gasteiger partial charge in [-0.25, -0.2) is 4.98 Å². The molecule has 2 aromatic heterocycles. The summed E-state index contributed by atoms with van der Waals surface area (Å²) in [5.74, 6) is 0.130. The molecular formula is C14H10N2O2. The Kier molecular flexibility index (Phi) is 2.34. The number of nitrogens with zero attached hydrogens (tertiary/aromatic N) is 2. The van der Waals surface area contributed by atoms with Gasteiger partial charge in [0.25, 0.3) is 5.56 Å². The summed E-state index contributed by atoms with van der Waals surface area (Å²) in [6.07, 6.45) is 3.21. The van der Waals surface area contributed by atoms with E-state index in [0.717, 1.165) is 0 Å². The highest BCUT2D eigenvalue weighted by Crippen LogP contribution is 2.19. The molecule has 0 aliphatic rings. The number of pyridine rings is 1. The lowest BCUT2D eigenvalue weighted by Gasteiger charge is -2.04. The van der Waals surface area contributed by atoms with Crippen LogP contribution in [0.25, 0.3) is 16.8 Å². The lowest BCUT2D eigenvalue weighted by Crippen LogP contribution is -2.16. The van der Waals surface area contributed by atoms with E-state index in [2.05, 4.69) is 4.98 Å². The molecule has 0 radical (unpaired) electrons. The van der Waals surface area contributed by atoms with E-state index in [1.54, 1.807) is 42.6 Å². The van der Waals surface area contributed by atoms with Crippen molar-refractivity contribution in [1.29, 1.82) is 0 Å². The predicted octanol–water partition coefficient (Wildman–Crippen LogP) is 2.07. The van der Waals surface area contributed by atoms with Crippen LogP contribution in [-0.4, -0.2) is 14.5 Å². The molecule has 3 aromatic rings. The molecule has 18 heavy (non-hydrogen) atoms. The maximum Gasteiger partial charge on any atom is 0.265 e. The molecule has 1 N–H and O–H groups in total. The molecule has 0 aliphatic heterocycles. The van der Waals surface area contributed by atoms with Gasteiger partial charge in [-0.05, 0) is 29.8 Å². The van der Waals surface area contributed by atoms with Crippen LogP contribution in [0.3, 0.4) is 0 Å². The third kappa shape index (κ3) is 1.64. The number of hydrogen-bond donors (Lipinski definition) is 1. The van der Waals surface area contributed by atoms with E-state index in [9.17, 15) is 9.90 Å². The van der Waals surface area contributed by atoms with Crippen molar-refractivity contribution >= 4 is 5.65 Å². The highest BCUT2D eigenvalue weighted by Gasteiger charge is 2.07. The Bertz CT molecular complexity index is 778. The first-order valence-corrected chi connectivity index (χ1v) is 5.51. The Balaban J connectivity index is 2.31.